The third-order valence-electron chi connectivity index (χ3n) is 4.60. The number of ether oxygens (including phenoxy) is 2. The van der Waals surface area contributed by atoms with Crippen LogP contribution in [0.25, 0.3) is 0 Å². The molecule has 0 aromatic heterocycles. The molecule has 1 aromatic rings. The van der Waals surface area contributed by atoms with E-state index in [1.165, 1.54) is 11.1 Å². The van der Waals surface area contributed by atoms with Crippen molar-refractivity contribution in [1.29, 1.82) is 0 Å². The van der Waals surface area contributed by atoms with Gasteiger partial charge in [0, 0.05) is 18.8 Å². The Labute approximate surface area is 148 Å². The Morgan fingerprint density at radius 1 is 1.28 bits per heavy atom. The van der Waals surface area contributed by atoms with Gasteiger partial charge >= 0.3 is 0 Å². The van der Waals surface area contributed by atoms with Crippen LogP contribution in [0.4, 0.5) is 5.69 Å². The van der Waals surface area contributed by atoms with E-state index in [0.29, 0.717) is 29.3 Å². The fourth-order valence-corrected chi connectivity index (χ4v) is 3.20. The topological polar surface area (TPSA) is 51.1 Å². The highest BCUT2D eigenvalue weighted by atomic mass is 16.5. The number of fused-ring (bicyclic) bond motifs is 2. The molecule has 0 saturated carbocycles. The average Bonchev–Trinajstić information content (AvgIpc) is 2.75. The van der Waals surface area contributed by atoms with E-state index in [1.807, 2.05) is 17.2 Å². The fourth-order valence-electron chi connectivity index (χ4n) is 3.20. The number of hydrogen-bond acceptors (Lipinski definition) is 4. The summed E-state index contributed by atoms with van der Waals surface area (Å²) in [5.74, 6) is 1.06. The molecular formula is C20H22N2O3. The maximum absolute atomic E-state index is 13.1. The lowest BCUT2D eigenvalue weighted by Crippen LogP contribution is -2.44. The van der Waals surface area contributed by atoms with Gasteiger partial charge in [0.1, 0.15) is 0 Å². The first kappa shape index (κ1) is 17.0. The quantitative estimate of drug-likeness (QED) is 0.787. The lowest BCUT2D eigenvalue weighted by molar-refractivity contribution is 0.0737. The third kappa shape index (κ3) is 3.09. The molecule has 2 aliphatic heterocycles. The van der Waals surface area contributed by atoms with Crippen molar-refractivity contribution in [2.24, 2.45) is 4.99 Å². The van der Waals surface area contributed by atoms with Gasteiger partial charge < -0.3 is 14.4 Å². The summed E-state index contributed by atoms with van der Waals surface area (Å²) >= 11 is 0. The van der Waals surface area contributed by atoms with E-state index in [-0.39, 0.29) is 11.9 Å². The van der Waals surface area contributed by atoms with Crippen molar-refractivity contribution in [3.8, 4) is 11.5 Å². The number of rotatable bonds is 4. The second-order valence-corrected chi connectivity index (χ2v) is 6.11. The molecule has 5 nitrogen and oxygen atoms in total. The third-order valence-corrected chi connectivity index (χ3v) is 4.60. The van der Waals surface area contributed by atoms with Crippen LogP contribution in [0.2, 0.25) is 0 Å². The van der Waals surface area contributed by atoms with Crippen LogP contribution < -0.4 is 9.47 Å². The van der Waals surface area contributed by atoms with Crippen LogP contribution in [-0.4, -0.2) is 43.8 Å². The summed E-state index contributed by atoms with van der Waals surface area (Å²) in [5, 5.41) is 0. The van der Waals surface area contributed by atoms with Crippen molar-refractivity contribution in [2.75, 3.05) is 20.8 Å². The average molecular weight is 338 g/mol. The van der Waals surface area contributed by atoms with Gasteiger partial charge in [-0.3, -0.25) is 9.79 Å². The summed E-state index contributed by atoms with van der Waals surface area (Å²) in [6, 6.07) is 3.40. The zero-order valence-electron chi connectivity index (χ0n) is 14.8. The molecule has 130 valence electrons. The van der Waals surface area contributed by atoms with Gasteiger partial charge in [-0.25, -0.2) is 0 Å². The van der Waals surface area contributed by atoms with Crippen molar-refractivity contribution in [2.45, 2.75) is 19.4 Å². The molecule has 0 radical (unpaired) electrons. The summed E-state index contributed by atoms with van der Waals surface area (Å²) in [4.78, 5) is 19.5. The van der Waals surface area contributed by atoms with Crippen LogP contribution in [0.1, 0.15) is 23.7 Å². The predicted octanol–water partition coefficient (Wildman–Crippen LogP) is 3.69. The van der Waals surface area contributed by atoms with Crippen LogP contribution in [0.3, 0.4) is 0 Å². The molecule has 0 bridgehead atoms. The number of methoxy groups -OCH3 is 2. The maximum atomic E-state index is 13.1. The molecule has 0 saturated heterocycles. The highest BCUT2D eigenvalue weighted by Crippen LogP contribution is 2.38. The molecule has 1 atom stereocenters. The molecule has 0 spiro atoms. The van der Waals surface area contributed by atoms with Gasteiger partial charge in [0.2, 0.25) is 0 Å². The minimum absolute atomic E-state index is 0.0375. The molecule has 5 heteroatoms. The first-order chi connectivity index (χ1) is 12.1. The largest absolute Gasteiger partial charge is 0.493 e. The van der Waals surface area contributed by atoms with Gasteiger partial charge in [-0.15, -0.1) is 0 Å². The van der Waals surface area contributed by atoms with E-state index in [2.05, 4.69) is 24.6 Å². The Balaban J connectivity index is 2.02. The molecule has 0 N–H and O–H groups in total. The highest BCUT2D eigenvalue weighted by Gasteiger charge is 2.32. The van der Waals surface area contributed by atoms with Crippen LogP contribution in [-0.2, 0) is 0 Å². The van der Waals surface area contributed by atoms with Crippen molar-refractivity contribution in [1.82, 2.24) is 4.90 Å². The standard InChI is InChI=1S/C20H22N2O3/c1-5-6-7-14-8-15-11-21-17-10-19(25-4)18(24-3)9-16(17)20(23)22(15)12-13(14)2/h5-7,9-11,15H,1,8,12H2,2-4H3/b7-6-. The van der Waals surface area contributed by atoms with Crippen molar-refractivity contribution in [3.63, 3.8) is 0 Å². The SMILES string of the molecule is C=C/C=C\C1=C(C)CN2C(=O)c3cc(OC)c(OC)cc3N=CC2C1. The number of carbonyl (C=O) groups excluding carboxylic acids is 1. The number of amides is 1. The van der Waals surface area contributed by atoms with Gasteiger partial charge in [0.15, 0.2) is 11.5 Å². The molecule has 1 aromatic carbocycles. The number of allylic oxidation sites excluding steroid dienone is 3. The number of carbonyl (C=O) groups is 1. The van der Waals surface area contributed by atoms with Crippen LogP contribution in [0, 0.1) is 0 Å². The Morgan fingerprint density at radius 2 is 2.00 bits per heavy atom. The molecule has 2 aliphatic rings. The summed E-state index contributed by atoms with van der Waals surface area (Å²) < 4.78 is 10.7. The van der Waals surface area contributed by atoms with Gasteiger partial charge in [0.05, 0.1) is 31.5 Å². The Hall–Kier alpha value is -2.82. The van der Waals surface area contributed by atoms with Gasteiger partial charge in [-0.2, -0.15) is 0 Å². The van der Waals surface area contributed by atoms with Gasteiger partial charge in [-0.05, 0) is 25.0 Å². The Kier molecular flexibility index (Phi) is 4.74. The van der Waals surface area contributed by atoms with Crippen molar-refractivity contribution < 1.29 is 14.3 Å². The summed E-state index contributed by atoms with van der Waals surface area (Å²) in [5.41, 5.74) is 3.55. The monoisotopic (exact) mass is 338 g/mol. The first-order valence-corrected chi connectivity index (χ1v) is 8.18. The number of benzene rings is 1. The van der Waals surface area contributed by atoms with Gasteiger partial charge in [0.25, 0.3) is 5.91 Å². The van der Waals surface area contributed by atoms with Crippen LogP contribution >= 0.6 is 0 Å². The molecule has 1 amide bonds. The van der Waals surface area contributed by atoms with Crippen LogP contribution in [0.15, 0.2) is 53.1 Å². The Bertz CT molecular complexity index is 805. The second-order valence-electron chi connectivity index (χ2n) is 6.11. The molecular weight excluding hydrogens is 316 g/mol. The summed E-state index contributed by atoms with van der Waals surface area (Å²) in [7, 11) is 3.13. The molecule has 0 fully saturated rings. The Morgan fingerprint density at radius 3 is 2.68 bits per heavy atom. The lowest BCUT2D eigenvalue weighted by atomic mass is 9.94. The summed E-state index contributed by atoms with van der Waals surface area (Å²) in [6.45, 7) is 6.36. The van der Waals surface area contributed by atoms with Gasteiger partial charge in [-0.1, -0.05) is 30.4 Å². The fraction of sp³-hybridized carbons (Fsp3) is 0.300. The molecule has 1 unspecified atom stereocenters. The smallest absolute Gasteiger partial charge is 0.257 e. The molecule has 25 heavy (non-hydrogen) atoms. The first-order valence-electron chi connectivity index (χ1n) is 8.18. The van der Waals surface area contributed by atoms with E-state index in [9.17, 15) is 4.79 Å². The number of hydrogen-bond donors (Lipinski definition) is 0. The van der Waals surface area contributed by atoms with E-state index < -0.39 is 0 Å². The molecule has 2 heterocycles. The van der Waals surface area contributed by atoms with Crippen molar-refractivity contribution >= 4 is 17.8 Å². The number of nitrogens with zero attached hydrogens (tertiary/aromatic N) is 2. The predicted molar refractivity (Wildman–Crippen MR) is 99.2 cm³/mol. The van der Waals surface area contributed by atoms with E-state index in [1.54, 1.807) is 32.4 Å². The zero-order valence-corrected chi connectivity index (χ0v) is 14.8. The number of aliphatic imine (C=N–C) groups is 1. The van der Waals surface area contributed by atoms with Crippen LogP contribution in [0.5, 0.6) is 11.5 Å². The van der Waals surface area contributed by atoms with E-state index >= 15 is 0 Å². The zero-order chi connectivity index (χ0) is 18.0. The normalized spacial score (nSPS) is 19.6. The molecule has 3 rings (SSSR count). The second kappa shape index (κ2) is 6.97. The molecule has 0 aliphatic carbocycles. The van der Waals surface area contributed by atoms with Crippen molar-refractivity contribution in [3.05, 3.63) is 53.6 Å². The highest BCUT2D eigenvalue weighted by molar-refractivity contribution is 6.03. The van der Waals surface area contributed by atoms with E-state index in [4.69, 9.17) is 9.47 Å². The summed E-state index contributed by atoms with van der Waals surface area (Å²) in [6.07, 6.45) is 8.33. The minimum atomic E-state index is -0.0648. The lowest BCUT2D eigenvalue weighted by Gasteiger charge is -2.34. The maximum Gasteiger partial charge on any atom is 0.257 e. The minimum Gasteiger partial charge on any atom is -0.493 e. The van der Waals surface area contributed by atoms with E-state index in [0.717, 1.165) is 6.42 Å².